The number of furan rings is 1. The molecule has 21 nitrogen and oxygen atoms in total. The average molecular weight is 2010 g/mol. The Labute approximate surface area is 815 Å². The van der Waals surface area contributed by atoms with Crippen LogP contribution in [0.1, 0.15) is 33.3 Å². The Morgan fingerprint density at radius 1 is 0.421 bits per heavy atom. The van der Waals surface area contributed by atoms with Crippen molar-refractivity contribution in [2.24, 2.45) is 0 Å². The van der Waals surface area contributed by atoms with Crippen molar-refractivity contribution in [1.82, 2.24) is 53.6 Å². The summed E-state index contributed by atoms with van der Waals surface area (Å²) in [4.78, 5) is 51.2. The normalized spacial score (nSPS) is 10.7. The van der Waals surface area contributed by atoms with Crippen LogP contribution < -0.4 is 4.90 Å². The molecule has 1 unspecified atom stereocenters. The number of halogens is 2. The van der Waals surface area contributed by atoms with Crippen molar-refractivity contribution in [3.05, 3.63) is 445 Å². The Morgan fingerprint density at radius 3 is 1.21 bits per heavy atom. The summed E-state index contributed by atoms with van der Waals surface area (Å²) in [5.41, 5.74) is 20.2. The Bertz CT molecular complexity index is 8520. The van der Waals surface area contributed by atoms with Crippen LogP contribution in [0, 0.1) is 76.2 Å². The summed E-state index contributed by atoms with van der Waals surface area (Å²) in [5, 5.41) is 55.3. The molecule has 15 aromatic carbocycles. The molecule has 1 N–H and O–H groups in total. The Morgan fingerprint density at radius 2 is 0.800 bits per heavy atom. The molecular weight excluding hydrogens is 1940 g/mol. The molecule has 0 spiro atoms. The number of nitriles is 4. The third kappa shape index (κ3) is 17.7. The van der Waals surface area contributed by atoms with Gasteiger partial charge < -0.3 is 42.8 Å². The van der Waals surface area contributed by atoms with Crippen LogP contribution in [-0.2, 0) is 20.1 Å². The minimum Gasteiger partial charge on any atom is -0.477 e. The van der Waals surface area contributed by atoms with E-state index in [1.54, 1.807) is 60.8 Å². The number of anilines is 3. The number of hydrogen-bond donors (Lipinski definition) is 1. The summed E-state index contributed by atoms with van der Waals surface area (Å²) in [6.07, 6.45) is 3.00. The molecule has 0 saturated carbocycles. The van der Waals surface area contributed by atoms with Crippen molar-refractivity contribution < 1.29 is 43.2 Å². The molecule has 0 saturated heterocycles. The average Bonchev–Trinajstić information content (AvgIpc) is 1.44. The van der Waals surface area contributed by atoms with Gasteiger partial charge >= 0.3 is 5.97 Å². The van der Waals surface area contributed by atoms with E-state index in [-0.39, 0.29) is 98.9 Å². The van der Waals surface area contributed by atoms with Gasteiger partial charge in [-0.2, -0.15) is 21.0 Å². The van der Waals surface area contributed by atoms with Crippen molar-refractivity contribution in [2.75, 3.05) is 11.0 Å². The number of hydrogen-bond acceptors (Lipinski definition) is 15. The largest absolute Gasteiger partial charge is 0.477 e. The van der Waals surface area contributed by atoms with Gasteiger partial charge in [0.15, 0.2) is 22.8 Å². The maximum atomic E-state index is 13.2. The summed E-state index contributed by atoms with van der Waals surface area (Å²) >= 11 is 0. The Hall–Kier alpha value is -19.0. The molecule has 0 amide bonds. The van der Waals surface area contributed by atoms with E-state index in [0.29, 0.717) is 11.8 Å². The number of aromatic nitrogens is 11. The summed E-state index contributed by atoms with van der Waals surface area (Å²) in [6, 6.07) is 135. The first-order valence-electron chi connectivity index (χ1n) is 43.4. The van der Waals surface area contributed by atoms with E-state index in [4.69, 9.17) is 30.5 Å². The molecular formula is C114H67BF2IrN18O3P-. The van der Waals surface area contributed by atoms with Crippen LogP contribution >= 0.6 is 9.24 Å². The third-order valence-electron chi connectivity index (χ3n) is 23.1. The summed E-state index contributed by atoms with van der Waals surface area (Å²) in [6.45, 7) is 14.5. The molecule has 663 valence electrons. The van der Waals surface area contributed by atoms with E-state index < -0.39 is 17.6 Å². The SMILES string of the molecule is Fc1c[c-]c(-c2ccccn2)c(F)c1.O=C(O)c1ccccn1.[B]CP.[C-]#[N+]c1nc2c3nc(C#N)c(C#N)nc3c3nc(C#N)c(C#N)nc3c2nc1[N+]#[C-].[Ir].c1ccc(N(c2ccccc2)c2ccc(-c3ccc4oc5ccccc5c4c3)c3c2c2ccccc2n3-c2ccccc2)cc1.c1ccc2c(c1)c1ccccc1n2-c1ccc(-c2ccc(-n3c4ccccc4c4ccccc43)cc2)cc1. The molecule has 24 aromatic rings. The molecule has 1 atom stereocenters. The molecule has 0 bridgehead atoms. The fourth-order valence-electron chi connectivity index (χ4n) is 17.2. The van der Waals surface area contributed by atoms with Gasteiger partial charge in [0.1, 0.15) is 63.2 Å². The van der Waals surface area contributed by atoms with Crippen molar-refractivity contribution in [1.29, 1.82) is 21.0 Å². The molecule has 9 aromatic heterocycles. The maximum Gasteiger partial charge on any atom is 0.354 e. The molecule has 0 aliphatic rings. The van der Waals surface area contributed by atoms with Crippen LogP contribution in [0.3, 0.4) is 0 Å². The van der Waals surface area contributed by atoms with Gasteiger partial charge in [-0.25, -0.2) is 29.7 Å². The number of carboxylic acids is 1. The molecule has 26 heteroatoms. The Kier molecular flexibility index (Phi) is 26.7. The first kappa shape index (κ1) is 91.5. The predicted octanol–water partition coefficient (Wildman–Crippen LogP) is 27.1. The molecule has 0 aliphatic heterocycles. The summed E-state index contributed by atoms with van der Waals surface area (Å²) < 4.78 is 39.2. The second-order valence-electron chi connectivity index (χ2n) is 31.2. The number of aromatic carboxylic acids is 1. The van der Waals surface area contributed by atoms with E-state index in [1.165, 1.54) is 106 Å². The molecule has 0 fully saturated rings. The maximum absolute atomic E-state index is 13.2. The van der Waals surface area contributed by atoms with Gasteiger partial charge in [-0.3, -0.25) is 8.78 Å². The van der Waals surface area contributed by atoms with Crippen LogP contribution in [0.15, 0.2) is 381 Å². The number of carbonyl (C=O) groups is 1. The number of para-hydroxylation sites is 9. The predicted molar refractivity (Wildman–Crippen MR) is 546 cm³/mol. The van der Waals surface area contributed by atoms with Crippen LogP contribution in [0.4, 0.5) is 37.5 Å². The van der Waals surface area contributed by atoms with Crippen LogP contribution in [0.25, 0.3) is 181 Å². The molecule has 0 aliphatic carbocycles. The number of fused-ring (bicyclic) bond motifs is 18. The topological polar surface area (TPSA) is 275 Å². The number of carboxylic acid groups (broad SMARTS) is 1. The van der Waals surface area contributed by atoms with Crippen LogP contribution in [0.2, 0.25) is 0 Å². The van der Waals surface area contributed by atoms with E-state index in [9.17, 15) is 34.6 Å². The number of benzene rings is 15. The van der Waals surface area contributed by atoms with Gasteiger partial charge in [0.2, 0.25) is 11.0 Å². The smallest absolute Gasteiger partial charge is 0.354 e. The Balaban J connectivity index is 0.000000124. The monoisotopic (exact) mass is 2010 g/mol. The molecule has 24 rings (SSSR count). The number of pyridine rings is 2. The van der Waals surface area contributed by atoms with E-state index >= 15 is 0 Å². The number of rotatable bonds is 10. The first-order valence-corrected chi connectivity index (χ1v) is 44.2. The van der Waals surface area contributed by atoms with Gasteiger partial charge in [-0.15, -0.1) is 31.3 Å². The first-order chi connectivity index (χ1) is 68.3. The second kappa shape index (κ2) is 40.9. The fraction of sp³-hybridized carbons (Fsp3) is 0.00877. The standard InChI is InChI=1S/C42H28N2O.C36H24N2.C18N12.C11H6F2N.C6H5NO2.CH4BP.Ir/c1-4-14-30(15-5-1)43(31-16-6-2-7-17-31)38-26-25-33(29-24-27-40-36(28-29)34-20-11-13-23-39(34)45-40)42-41(38)35-21-10-12-22-37(35)44(42)32-18-8-3-9-19-32;1-5-13-33-29(9-1)30-10-2-6-14-34(30)37(33)27-21-17-25(18-22-27)26-19-23-28(24-20-26)38-35-15-7-3-11-31(35)32-12-4-8-16-36(32)38;1-23-17-18(24-2)30-16-14-12(26-8(4-20)10(6-22)28-14)11-13(15(16)29-17)27-9(5-21)7(3-19)25-11;12-8-4-5-9(10(13)7-8)11-3-1-2-6-14-11;8-6(9)5-3-1-2-4-7-5;2-1-3;/h1-28H;1-24H;;1-4,6-7H;1-4H,(H,8,9);1,3H2;/q;;;-1;;;. The zero-order valence-corrected chi connectivity index (χ0v) is 77.1. The quantitative estimate of drug-likeness (QED) is 0.0576. The van der Waals surface area contributed by atoms with Crippen molar-refractivity contribution in [3.8, 4) is 74.9 Å². The summed E-state index contributed by atoms with van der Waals surface area (Å²) in [7, 11) is 7.17. The second-order valence-corrected chi connectivity index (χ2v) is 31.7. The van der Waals surface area contributed by atoms with E-state index in [2.05, 4.69) is 387 Å². The van der Waals surface area contributed by atoms with Gasteiger partial charge in [-0.1, -0.05) is 249 Å². The van der Waals surface area contributed by atoms with Crippen molar-refractivity contribution >= 4 is 172 Å². The van der Waals surface area contributed by atoms with Gasteiger partial charge in [0.25, 0.3) is 11.6 Å². The number of nitrogens with zero attached hydrogens (tertiary/aromatic N) is 18. The molecule has 9 heterocycles. The van der Waals surface area contributed by atoms with E-state index in [0.717, 1.165) is 62.4 Å². The van der Waals surface area contributed by atoms with Crippen molar-refractivity contribution in [3.63, 3.8) is 0 Å². The fourth-order valence-corrected chi connectivity index (χ4v) is 17.2. The molecule has 140 heavy (non-hydrogen) atoms. The van der Waals surface area contributed by atoms with E-state index in [1.807, 2.05) is 12.1 Å². The van der Waals surface area contributed by atoms with Gasteiger partial charge in [0.05, 0.1) is 46.6 Å². The van der Waals surface area contributed by atoms with Crippen LogP contribution in [0.5, 0.6) is 0 Å². The zero-order chi connectivity index (χ0) is 95.6. The zero-order valence-electron chi connectivity index (χ0n) is 73.6. The van der Waals surface area contributed by atoms with Crippen LogP contribution in [-0.4, -0.2) is 78.6 Å². The minimum absolute atomic E-state index is 0. The van der Waals surface area contributed by atoms with Gasteiger partial charge in [-0.05, 0) is 156 Å². The summed E-state index contributed by atoms with van der Waals surface area (Å²) in [5.74, 6) is -2.88. The van der Waals surface area contributed by atoms with Crippen molar-refractivity contribution in [2.45, 2.75) is 0 Å². The third-order valence-corrected chi connectivity index (χ3v) is 23.1. The molecule has 3 radical (unpaired) electrons. The minimum atomic E-state index is -0.990. The van der Waals surface area contributed by atoms with Gasteiger partial charge in [0, 0.05) is 121 Å².